The summed E-state index contributed by atoms with van der Waals surface area (Å²) in [5.41, 5.74) is 5.86. The molecule has 0 atom stereocenters. The molecule has 4 nitrogen and oxygen atoms in total. The normalized spacial score (nSPS) is 16.3. The van der Waals surface area contributed by atoms with Crippen LogP contribution in [0.15, 0.2) is 0 Å². The quantitative estimate of drug-likeness (QED) is 0.665. The Labute approximate surface area is 105 Å². The maximum atomic E-state index is 11.6. The van der Waals surface area contributed by atoms with Crippen LogP contribution in [0.25, 0.3) is 0 Å². The van der Waals surface area contributed by atoms with Crippen LogP contribution in [-0.2, 0) is 4.79 Å². The number of rotatable bonds is 8. The molecule has 0 radical (unpaired) electrons. The first-order valence-electron chi connectivity index (χ1n) is 6.68. The molecule has 0 spiro atoms. The van der Waals surface area contributed by atoms with Gasteiger partial charge >= 0.3 is 0 Å². The van der Waals surface area contributed by atoms with Gasteiger partial charge in [0.25, 0.3) is 0 Å². The summed E-state index contributed by atoms with van der Waals surface area (Å²) in [6.07, 6.45) is 2.91. The molecule has 3 N–H and O–H groups in total. The van der Waals surface area contributed by atoms with Gasteiger partial charge in [-0.15, -0.1) is 0 Å². The maximum absolute atomic E-state index is 11.6. The number of carbonyl (C=O) groups is 1. The summed E-state index contributed by atoms with van der Waals surface area (Å²) in [4.78, 5) is 13.9. The van der Waals surface area contributed by atoms with E-state index in [9.17, 15) is 4.79 Å². The monoisotopic (exact) mass is 241 g/mol. The average molecular weight is 241 g/mol. The van der Waals surface area contributed by atoms with Gasteiger partial charge < -0.3 is 16.0 Å². The zero-order valence-corrected chi connectivity index (χ0v) is 11.5. The smallest absolute Gasteiger partial charge is 0.221 e. The first-order chi connectivity index (χ1) is 7.96. The molecule has 0 aromatic heterocycles. The minimum atomic E-state index is 0.128. The van der Waals surface area contributed by atoms with Gasteiger partial charge in [0, 0.05) is 25.6 Å². The van der Waals surface area contributed by atoms with Gasteiger partial charge in [-0.1, -0.05) is 20.8 Å². The Morgan fingerprint density at radius 2 is 2.12 bits per heavy atom. The third-order valence-corrected chi connectivity index (χ3v) is 3.25. The standard InChI is InChI=1S/C13H27N3O/c1-4-16(10-13(2,3)9-14)8-7-12(17)15-11-5-6-11/h11H,4-10,14H2,1-3H3,(H,15,17). The zero-order chi connectivity index (χ0) is 12.9. The molecular formula is C13H27N3O. The lowest BCUT2D eigenvalue weighted by atomic mass is 9.93. The van der Waals surface area contributed by atoms with Crippen molar-refractivity contribution in [3.05, 3.63) is 0 Å². The summed E-state index contributed by atoms with van der Waals surface area (Å²) in [5, 5.41) is 3.02. The molecule has 0 aromatic carbocycles. The number of carbonyl (C=O) groups excluding carboxylic acids is 1. The van der Waals surface area contributed by atoms with Crippen LogP contribution in [0.5, 0.6) is 0 Å². The SMILES string of the molecule is CCN(CCC(=O)NC1CC1)CC(C)(C)CN. The second kappa shape index (κ2) is 6.36. The molecule has 1 fully saturated rings. The maximum Gasteiger partial charge on any atom is 0.221 e. The van der Waals surface area contributed by atoms with Crippen molar-refractivity contribution < 1.29 is 4.79 Å². The van der Waals surface area contributed by atoms with Crippen LogP contribution in [0.1, 0.15) is 40.0 Å². The molecule has 0 unspecified atom stereocenters. The van der Waals surface area contributed by atoms with Crippen molar-refractivity contribution in [1.29, 1.82) is 0 Å². The highest BCUT2D eigenvalue weighted by Gasteiger charge is 2.24. The number of amides is 1. The second-order valence-corrected chi connectivity index (χ2v) is 5.83. The lowest BCUT2D eigenvalue weighted by Gasteiger charge is -2.30. The summed E-state index contributed by atoms with van der Waals surface area (Å²) >= 11 is 0. The minimum Gasteiger partial charge on any atom is -0.353 e. The van der Waals surface area contributed by atoms with Gasteiger partial charge in [0.15, 0.2) is 0 Å². The van der Waals surface area contributed by atoms with Crippen LogP contribution in [-0.4, -0.2) is 43.0 Å². The van der Waals surface area contributed by atoms with Gasteiger partial charge in [0.1, 0.15) is 0 Å². The van der Waals surface area contributed by atoms with Gasteiger partial charge in [-0.2, -0.15) is 0 Å². The Bertz CT molecular complexity index is 249. The van der Waals surface area contributed by atoms with Gasteiger partial charge in [-0.3, -0.25) is 4.79 Å². The fourth-order valence-electron chi connectivity index (χ4n) is 1.81. The van der Waals surface area contributed by atoms with Gasteiger partial charge in [-0.25, -0.2) is 0 Å². The molecule has 0 aromatic rings. The van der Waals surface area contributed by atoms with Gasteiger partial charge in [-0.05, 0) is 31.3 Å². The summed E-state index contributed by atoms with van der Waals surface area (Å²) in [5.74, 6) is 0.191. The highest BCUT2D eigenvalue weighted by atomic mass is 16.1. The van der Waals surface area contributed by atoms with Crippen molar-refractivity contribution in [2.75, 3.05) is 26.2 Å². The fraction of sp³-hybridized carbons (Fsp3) is 0.923. The van der Waals surface area contributed by atoms with Gasteiger partial charge in [0.05, 0.1) is 0 Å². The van der Waals surface area contributed by atoms with E-state index in [1.54, 1.807) is 0 Å². The molecule has 100 valence electrons. The van der Waals surface area contributed by atoms with Crippen molar-refractivity contribution in [2.24, 2.45) is 11.1 Å². The predicted octanol–water partition coefficient (Wildman–Crippen LogP) is 0.962. The van der Waals surface area contributed by atoms with E-state index in [1.165, 1.54) is 0 Å². The van der Waals surface area contributed by atoms with E-state index in [2.05, 4.69) is 31.0 Å². The molecule has 0 saturated heterocycles. The lowest BCUT2D eigenvalue weighted by molar-refractivity contribution is -0.121. The van der Waals surface area contributed by atoms with Crippen molar-refractivity contribution in [3.63, 3.8) is 0 Å². The van der Waals surface area contributed by atoms with E-state index < -0.39 is 0 Å². The number of hydrogen-bond acceptors (Lipinski definition) is 3. The number of nitrogens with one attached hydrogen (secondary N) is 1. The van der Waals surface area contributed by atoms with Crippen LogP contribution >= 0.6 is 0 Å². The molecule has 1 aliphatic rings. The van der Waals surface area contributed by atoms with Crippen LogP contribution in [0.4, 0.5) is 0 Å². The Morgan fingerprint density at radius 1 is 1.47 bits per heavy atom. The number of hydrogen-bond donors (Lipinski definition) is 2. The van der Waals surface area contributed by atoms with E-state index in [0.29, 0.717) is 19.0 Å². The van der Waals surface area contributed by atoms with Crippen LogP contribution in [0.3, 0.4) is 0 Å². The lowest BCUT2D eigenvalue weighted by Crippen LogP contribution is -2.40. The fourth-order valence-corrected chi connectivity index (χ4v) is 1.81. The molecule has 1 amide bonds. The molecule has 0 bridgehead atoms. The summed E-state index contributed by atoms with van der Waals surface area (Å²) in [6.45, 7) is 9.90. The van der Waals surface area contributed by atoms with E-state index >= 15 is 0 Å². The Morgan fingerprint density at radius 3 is 2.59 bits per heavy atom. The Kier molecular flexibility index (Phi) is 5.40. The number of nitrogens with two attached hydrogens (primary N) is 1. The van der Waals surface area contributed by atoms with Crippen molar-refractivity contribution in [1.82, 2.24) is 10.2 Å². The molecule has 0 heterocycles. The first-order valence-corrected chi connectivity index (χ1v) is 6.68. The van der Waals surface area contributed by atoms with Gasteiger partial charge in [0.2, 0.25) is 5.91 Å². The molecule has 17 heavy (non-hydrogen) atoms. The molecule has 1 aliphatic carbocycles. The topological polar surface area (TPSA) is 58.4 Å². The zero-order valence-electron chi connectivity index (χ0n) is 11.5. The van der Waals surface area contributed by atoms with E-state index in [-0.39, 0.29) is 11.3 Å². The third kappa shape index (κ3) is 6.03. The van der Waals surface area contributed by atoms with E-state index in [4.69, 9.17) is 5.73 Å². The molecule has 0 aliphatic heterocycles. The minimum absolute atomic E-state index is 0.128. The molecular weight excluding hydrogens is 214 g/mol. The highest BCUT2D eigenvalue weighted by Crippen LogP contribution is 2.19. The Balaban J connectivity index is 2.23. The summed E-state index contributed by atoms with van der Waals surface area (Å²) < 4.78 is 0. The molecule has 1 saturated carbocycles. The molecule has 4 heteroatoms. The largest absolute Gasteiger partial charge is 0.353 e. The summed E-state index contributed by atoms with van der Waals surface area (Å²) in [6, 6.07) is 0.470. The third-order valence-electron chi connectivity index (χ3n) is 3.25. The van der Waals surface area contributed by atoms with Crippen LogP contribution < -0.4 is 11.1 Å². The Hall–Kier alpha value is -0.610. The van der Waals surface area contributed by atoms with Crippen LogP contribution in [0, 0.1) is 5.41 Å². The van der Waals surface area contributed by atoms with Crippen LogP contribution in [0.2, 0.25) is 0 Å². The predicted molar refractivity (Wildman–Crippen MR) is 70.7 cm³/mol. The highest BCUT2D eigenvalue weighted by molar-refractivity contribution is 5.76. The first kappa shape index (κ1) is 14.5. The summed E-state index contributed by atoms with van der Waals surface area (Å²) in [7, 11) is 0. The second-order valence-electron chi connectivity index (χ2n) is 5.83. The van der Waals surface area contributed by atoms with Crippen molar-refractivity contribution in [3.8, 4) is 0 Å². The molecule has 1 rings (SSSR count). The average Bonchev–Trinajstić information content (AvgIpc) is 3.08. The van der Waals surface area contributed by atoms with E-state index in [0.717, 1.165) is 32.5 Å². The van der Waals surface area contributed by atoms with Crippen molar-refractivity contribution in [2.45, 2.75) is 46.1 Å². The van der Waals surface area contributed by atoms with E-state index in [1.807, 2.05) is 0 Å². The van der Waals surface area contributed by atoms with Crippen molar-refractivity contribution >= 4 is 5.91 Å². The number of nitrogens with zero attached hydrogens (tertiary/aromatic N) is 1.